The quantitative estimate of drug-likeness (QED) is 0.667. The minimum absolute atomic E-state index is 0.169. The van der Waals surface area contributed by atoms with E-state index in [-0.39, 0.29) is 24.3 Å². The molecule has 2 atom stereocenters. The highest BCUT2D eigenvalue weighted by atomic mass is 16.5. The minimum atomic E-state index is -0.224. The summed E-state index contributed by atoms with van der Waals surface area (Å²) in [4.78, 5) is 25.4. The predicted octanol–water partition coefficient (Wildman–Crippen LogP) is 0.372. The van der Waals surface area contributed by atoms with Crippen LogP contribution in [0, 0.1) is 17.2 Å². The van der Waals surface area contributed by atoms with Crippen molar-refractivity contribution in [1.29, 1.82) is 5.26 Å². The van der Waals surface area contributed by atoms with Crippen molar-refractivity contribution in [2.45, 2.75) is 19.8 Å². The summed E-state index contributed by atoms with van der Waals surface area (Å²) in [6, 6.07) is 5.15. The molecule has 0 radical (unpaired) electrons. The maximum Gasteiger partial charge on any atom is 0.314 e. The smallest absolute Gasteiger partial charge is 0.314 e. The number of amides is 1. The number of methoxy groups -OCH3 is 2. The van der Waals surface area contributed by atoms with Gasteiger partial charge < -0.3 is 24.4 Å². The fraction of sp³-hybridized carbons (Fsp3) is 0.526. The van der Waals surface area contributed by atoms with Gasteiger partial charge in [-0.05, 0) is 19.8 Å². The summed E-state index contributed by atoms with van der Waals surface area (Å²) in [6.07, 6.45) is 1.66. The van der Waals surface area contributed by atoms with Crippen LogP contribution in [0.3, 0.4) is 0 Å². The number of likely N-dealkylation sites (tertiary alicyclic amines) is 1. The van der Waals surface area contributed by atoms with Crippen LogP contribution in [-0.4, -0.2) is 52.3 Å². The van der Waals surface area contributed by atoms with Gasteiger partial charge in [0.2, 0.25) is 0 Å². The van der Waals surface area contributed by atoms with Gasteiger partial charge in [-0.3, -0.25) is 9.59 Å². The van der Waals surface area contributed by atoms with Crippen molar-refractivity contribution in [3.8, 4) is 17.6 Å². The molecule has 1 aliphatic rings. The largest absolute Gasteiger partial charge is 0.493 e. The number of esters is 1. The van der Waals surface area contributed by atoms with Crippen LogP contribution in [0.15, 0.2) is 12.1 Å². The summed E-state index contributed by atoms with van der Waals surface area (Å²) in [6.45, 7) is 3.76. The van der Waals surface area contributed by atoms with Crippen molar-refractivity contribution in [3.63, 3.8) is 0 Å². The van der Waals surface area contributed by atoms with Crippen molar-refractivity contribution in [2.75, 3.05) is 45.8 Å². The summed E-state index contributed by atoms with van der Waals surface area (Å²) < 4.78 is 15.5. The first-order valence-electron chi connectivity index (χ1n) is 8.98. The van der Waals surface area contributed by atoms with E-state index in [2.05, 4.69) is 5.32 Å². The Bertz CT molecular complexity index is 729. The molecule has 8 nitrogen and oxygen atoms in total. The molecule has 2 N–H and O–H groups in total. The lowest BCUT2D eigenvalue weighted by molar-refractivity contribution is -0.899. The number of hydrogen-bond donors (Lipinski definition) is 2. The summed E-state index contributed by atoms with van der Waals surface area (Å²) in [5.41, 5.74) is 0.664. The van der Waals surface area contributed by atoms with Crippen molar-refractivity contribution in [1.82, 2.24) is 0 Å². The van der Waals surface area contributed by atoms with Gasteiger partial charge in [-0.1, -0.05) is 0 Å². The Morgan fingerprint density at radius 3 is 2.63 bits per heavy atom. The average Bonchev–Trinajstić information content (AvgIpc) is 2.67. The monoisotopic (exact) mass is 376 g/mol. The van der Waals surface area contributed by atoms with Gasteiger partial charge in [0, 0.05) is 12.1 Å². The molecule has 0 aromatic heterocycles. The van der Waals surface area contributed by atoms with Gasteiger partial charge in [-0.25, -0.2) is 0 Å². The second-order valence-corrected chi connectivity index (χ2v) is 6.38. The Morgan fingerprint density at radius 2 is 2.00 bits per heavy atom. The van der Waals surface area contributed by atoms with Crippen LogP contribution in [0.25, 0.3) is 0 Å². The second kappa shape index (κ2) is 9.78. The number of carbonyl (C=O) groups excluding carboxylic acids is 2. The van der Waals surface area contributed by atoms with Crippen LogP contribution in [0.5, 0.6) is 11.5 Å². The number of ether oxygens (including phenoxy) is 3. The predicted molar refractivity (Wildman–Crippen MR) is 97.8 cm³/mol. The van der Waals surface area contributed by atoms with Gasteiger partial charge >= 0.3 is 5.97 Å². The molecule has 1 heterocycles. The van der Waals surface area contributed by atoms with E-state index in [4.69, 9.17) is 14.2 Å². The Hall–Kier alpha value is -2.79. The SMILES string of the molecule is CCOC(=O)[C@@H]1CCC[NH+](CC(=O)Nc2cc(OC)c(OC)cc2C#N)C1. The highest BCUT2D eigenvalue weighted by molar-refractivity contribution is 5.93. The van der Waals surface area contributed by atoms with Gasteiger partial charge in [0.05, 0.1) is 45.2 Å². The summed E-state index contributed by atoms with van der Waals surface area (Å²) >= 11 is 0. The molecule has 0 saturated carbocycles. The van der Waals surface area contributed by atoms with E-state index in [0.29, 0.717) is 35.9 Å². The number of anilines is 1. The first-order valence-corrected chi connectivity index (χ1v) is 8.98. The molecule has 0 spiro atoms. The summed E-state index contributed by atoms with van der Waals surface area (Å²) in [7, 11) is 2.97. The zero-order valence-electron chi connectivity index (χ0n) is 16.0. The Balaban J connectivity index is 2.03. The third-order valence-electron chi connectivity index (χ3n) is 4.57. The molecule has 0 bridgehead atoms. The van der Waals surface area contributed by atoms with Crippen LogP contribution in [0.1, 0.15) is 25.3 Å². The maximum absolute atomic E-state index is 12.5. The maximum atomic E-state index is 12.5. The fourth-order valence-corrected chi connectivity index (χ4v) is 3.27. The van der Waals surface area contributed by atoms with E-state index in [9.17, 15) is 14.9 Å². The van der Waals surface area contributed by atoms with Gasteiger partial charge in [0.1, 0.15) is 12.0 Å². The number of hydrogen-bond acceptors (Lipinski definition) is 6. The number of nitrogens with one attached hydrogen (secondary N) is 2. The van der Waals surface area contributed by atoms with Crippen molar-refractivity contribution >= 4 is 17.6 Å². The molecule has 0 aliphatic carbocycles. The highest BCUT2D eigenvalue weighted by Gasteiger charge is 2.30. The van der Waals surface area contributed by atoms with Crippen molar-refractivity contribution in [3.05, 3.63) is 17.7 Å². The number of benzene rings is 1. The average molecular weight is 376 g/mol. The lowest BCUT2D eigenvalue weighted by Crippen LogP contribution is -3.14. The zero-order chi connectivity index (χ0) is 19.8. The molecule has 8 heteroatoms. The van der Waals surface area contributed by atoms with Gasteiger partial charge in [0.25, 0.3) is 5.91 Å². The molecule has 1 fully saturated rings. The lowest BCUT2D eigenvalue weighted by atomic mass is 9.98. The lowest BCUT2D eigenvalue weighted by Gasteiger charge is -2.28. The third kappa shape index (κ3) is 5.34. The molecule has 2 rings (SSSR count). The van der Waals surface area contributed by atoms with Gasteiger partial charge in [0.15, 0.2) is 18.0 Å². The number of carbonyl (C=O) groups is 2. The molecular weight excluding hydrogens is 350 g/mol. The zero-order valence-corrected chi connectivity index (χ0v) is 16.0. The fourth-order valence-electron chi connectivity index (χ4n) is 3.27. The van der Waals surface area contributed by atoms with E-state index in [0.717, 1.165) is 24.3 Å². The second-order valence-electron chi connectivity index (χ2n) is 6.38. The molecule has 146 valence electrons. The topological polar surface area (TPSA) is 102 Å². The molecule has 1 aromatic carbocycles. The molecule has 1 amide bonds. The van der Waals surface area contributed by atoms with E-state index >= 15 is 0 Å². The number of piperidine rings is 1. The first kappa shape index (κ1) is 20.5. The molecule has 1 unspecified atom stereocenters. The summed E-state index contributed by atoms with van der Waals surface area (Å²) in [5.74, 6) is 0.266. The van der Waals surface area contributed by atoms with Crippen LogP contribution in [-0.2, 0) is 14.3 Å². The molecule has 1 aliphatic heterocycles. The highest BCUT2D eigenvalue weighted by Crippen LogP contribution is 2.32. The van der Waals surface area contributed by atoms with Crippen molar-refractivity contribution < 1.29 is 28.7 Å². The van der Waals surface area contributed by atoms with Crippen LogP contribution in [0.4, 0.5) is 5.69 Å². The van der Waals surface area contributed by atoms with Gasteiger partial charge in [-0.15, -0.1) is 0 Å². The van der Waals surface area contributed by atoms with Crippen LogP contribution < -0.4 is 19.7 Å². The van der Waals surface area contributed by atoms with E-state index in [1.165, 1.54) is 20.3 Å². The van der Waals surface area contributed by atoms with Crippen LogP contribution >= 0.6 is 0 Å². The normalized spacial score (nSPS) is 18.9. The Kier molecular flexibility index (Phi) is 7.44. The molecular formula is C19H26N3O5+. The summed E-state index contributed by atoms with van der Waals surface area (Å²) in [5, 5.41) is 12.1. The standard InChI is InChI=1S/C19H25N3O5/c1-4-27-19(24)13-6-5-7-22(11-13)12-18(23)21-15-9-17(26-3)16(25-2)8-14(15)10-20/h8-9,13H,4-7,11-12H2,1-3H3,(H,21,23)/p+1/t13-/m1/s1. The molecule has 1 saturated heterocycles. The van der Waals surface area contributed by atoms with Crippen LogP contribution in [0.2, 0.25) is 0 Å². The Morgan fingerprint density at radius 1 is 1.30 bits per heavy atom. The number of quaternary nitrogens is 1. The molecule has 1 aromatic rings. The third-order valence-corrected chi connectivity index (χ3v) is 4.57. The first-order chi connectivity index (χ1) is 13.0. The number of rotatable bonds is 7. The number of nitrogens with zero attached hydrogens (tertiary/aromatic N) is 1. The molecule has 27 heavy (non-hydrogen) atoms. The van der Waals surface area contributed by atoms with E-state index < -0.39 is 0 Å². The minimum Gasteiger partial charge on any atom is -0.493 e. The number of nitriles is 1. The van der Waals surface area contributed by atoms with E-state index in [1.807, 2.05) is 6.07 Å². The van der Waals surface area contributed by atoms with Gasteiger partial charge in [-0.2, -0.15) is 5.26 Å². The Labute approximate surface area is 159 Å². The van der Waals surface area contributed by atoms with E-state index in [1.54, 1.807) is 13.0 Å². The van der Waals surface area contributed by atoms with Crippen molar-refractivity contribution in [2.24, 2.45) is 5.92 Å².